The second kappa shape index (κ2) is 5.93. The van der Waals surface area contributed by atoms with Crippen molar-refractivity contribution in [2.45, 2.75) is 39.8 Å². The Labute approximate surface area is 114 Å². The summed E-state index contributed by atoms with van der Waals surface area (Å²) < 4.78 is 1.98. The summed E-state index contributed by atoms with van der Waals surface area (Å²) in [4.78, 5) is 0. The van der Waals surface area contributed by atoms with Crippen molar-refractivity contribution in [3.8, 4) is 0 Å². The third-order valence-electron chi connectivity index (χ3n) is 3.18. The molecule has 2 heterocycles. The Morgan fingerprint density at radius 3 is 2.79 bits per heavy atom. The first-order valence-corrected chi connectivity index (χ1v) is 6.66. The van der Waals surface area contributed by atoms with Crippen LogP contribution in [0.2, 0.25) is 0 Å². The van der Waals surface area contributed by atoms with Crippen LogP contribution in [0.5, 0.6) is 0 Å². The molecule has 0 aromatic carbocycles. The van der Waals surface area contributed by atoms with Crippen LogP contribution < -0.4 is 5.32 Å². The van der Waals surface area contributed by atoms with Gasteiger partial charge in [-0.05, 0) is 38.9 Å². The van der Waals surface area contributed by atoms with Crippen molar-refractivity contribution in [2.75, 3.05) is 7.05 Å². The van der Waals surface area contributed by atoms with Gasteiger partial charge >= 0.3 is 0 Å². The molecule has 19 heavy (non-hydrogen) atoms. The molecular weight excluding hydrogens is 238 g/mol. The van der Waals surface area contributed by atoms with E-state index < -0.39 is 0 Å². The van der Waals surface area contributed by atoms with Gasteiger partial charge in [-0.25, -0.2) is 0 Å². The Hall–Kier alpha value is -1.75. The van der Waals surface area contributed by atoms with Crippen molar-refractivity contribution in [3.63, 3.8) is 0 Å². The number of rotatable bonds is 5. The van der Waals surface area contributed by atoms with E-state index in [9.17, 15) is 0 Å². The van der Waals surface area contributed by atoms with Crippen LogP contribution in [0.3, 0.4) is 0 Å². The van der Waals surface area contributed by atoms with Crippen LogP contribution >= 0.6 is 0 Å². The van der Waals surface area contributed by atoms with E-state index in [1.54, 1.807) is 0 Å². The third-order valence-corrected chi connectivity index (χ3v) is 3.18. The van der Waals surface area contributed by atoms with E-state index in [-0.39, 0.29) is 6.04 Å². The summed E-state index contributed by atoms with van der Waals surface area (Å²) in [6.45, 7) is 7.05. The topological polar surface area (TPSA) is 55.6 Å². The second-order valence-electron chi connectivity index (χ2n) is 4.78. The molecule has 1 N–H and O–H groups in total. The molecule has 1 atom stereocenters. The monoisotopic (exact) mass is 259 g/mol. The molecule has 5 heteroatoms. The average molecular weight is 259 g/mol. The summed E-state index contributed by atoms with van der Waals surface area (Å²) in [5, 5.41) is 16.0. The summed E-state index contributed by atoms with van der Waals surface area (Å²) in [7, 11) is 1.96. The van der Waals surface area contributed by atoms with Crippen molar-refractivity contribution >= 4 is 0 Å². The minimum atomic E-state index is 0.111. The highest BCUT2D eigenvalue weighted by atomic mass is 15.3. The molecule has 2 aromatic rings. The molecule has 0 fully saturated rings. The zero-order valence-electron chi connectivity index (χ0n) is 12.0. The Balaban J connectivity index is 2.35. The van der Waals surface area contributed by atoms with Crippen LogP contribution in [0.1, 0.15) is 41.9 Å². The molecule has 2 aromatic heterocycles. The lowest BCUT2D eigenvalue weighted by atomic mass is 10.0. The molecule has 0 aliphatic carbocycles. The molecule has 2 rings (SSSR count). The third kappa shape index (κ3) is 2.98. The quantitative estimate of drug-likeness (QED) is 0.892. The lowest BCUT2D eigenvalue weighted by Gasteiger charge is -2.16. The van der Waals surface area contributed by atoms with E-state index in [0.717, 1.165) is 35.5 Å². The van der Waals surface area contributed by atoms with Crippen LogP contribution in [0, 0.1) is 13.8 Å². The Kier molecular flexibility index (Phi) is 4.27. The lowest BCUT2D eigenvalue weighted by Crippen LogP contribution is -2.19. The number of aryl methyl sites for hydroxylation is 3. The average Bonchev–Trinajstić information content (AvgIpc) is 2.83. The summed E-state index contributed by atoms with van der Waals surface area (Å²) in [6, 6.07) is 2.19. The van der Waals surface area contributed by atoms with Crippen molar-refractivity contribution in [3.05, 3.63) is 41.0 Å². The van der Waals surface area contributed by atoms with Crippen LogP contribution in [-0.2, 0) is 6.54 Å². The van der Waals surface area contributed by atoms with Gasteiger partial charge in [-0.3, -0.25) is 4.68 Å². The molecular formula is C14H21N5. The molecule has 5 nitrogen and oxygen atoms in total. The zero-order valence-corrected chi connectivity index (χ0v) is 12.0. The van der Waals surface area contributed by atoms with Crippen molar-refractivity contribution < 1.29 is 0 Å². The molecule has 0 amide bonds. The fraction of sp³-hybridized carbons (Fsp3) is 0.500. The minimum Gasteiger partial charge on any atom is -0.309 e. The predicted octanol–water partition coefficient (Wildman–Crippen LogP) is 2.01. The maximum Gasteiger partial charge on any atom is 0.0651 e. The van der Waals surface area contributed by atoms with Gasteiger partial charge in [0.05, 0.1) is 23.6 Å². The first-order chi connectivity index (χ1) is 9.15. The van der Waals surface area contributed by atoms with Crippen molar-refractivity contribution in [1.82, 2.24) is 25.3 Å². The van der Waals surface area contributed by atoms with Crippen molar-refractivity contribution in [1.29, 1.82) is 0 Å². The molecule has 0 saturated carbocycles. The Morgan fingerprint density at radius 2 is 2.11 bits per heavy atom. The van der Waals surface area contributed by atoms with Gasteiger partial charge in [-0.2, -0.15) is 15.3 Å². The van der Waals surface area contributed by atoms with E-state index in [2.05, 4.69) is 39.8 Å². The highest BCUT2D eigenvalue weighted by Gasteiger charge is 2.17. The number of nitrogens with zero attached hydrogens (tertiary/aromatic N) is 4. The smallest absolute Gasteiger partial charge is 0.0651 e. The molecule has 0 aliphatic rings. The van der Waals surface area contributed by atoms with Gasteiger partial charge in [0.2, 0.25) is 0 Å². The summed E-state index contributed by atoms with van der Waals surface area (Å²) >= 11 is 0. The SMILES string of the molecule is CCCn1cc(C(NC)c2cc(C)nnc2C)cn1. The molecule has 0 saturated heterocycles. The summed E-state index contributed by atoms with van der Waals surface area (Å²) in [5.74, 6) is 0. The fourth-order valence-electron chi connectivity index (χ4n) is 2.24. The summed E-state index contributed by atoms with van der Waals surface area (Å²) in [5.41, 5.74) is 4.20. The molecule has 0 spiro atoms. The predicted molar refractivity (Wildman–Crippen MR) is 74.9 cm³/mol. The second-order valence-corrected chi connectivity index (χ2v) is 4.78. The molecule has 102 valence electrons. The van der Waals surface area contributed by atoms with Gasteiger partial charge in [0.1, 0.15) is 0 Å². The van der Waals surface area contributed by atoms with Gasteiger partial charge in [-0.15, -0.1) is 0 Å². The van der Waals surface area contributed by atoms with E-state index in [1.165, 1.54) is 0 Å². The van der Waals surface area contributed by atoms with Gasteiger partial charge in [0.15, 0.2) is 0 Å². The van der Waals surface area contributed by atoms with Gasteiger partial charge < -0.3 is 5.32 Å². The van der Waals surface area contributed by atoms with E-state index in [1.807, 2.05) is 31.8 Å². The highest BCUT2D eigenvalue weighted by molar-refractivity contribution is 5.32. The van der Waals surface area contributed by atoms with Crippen LogP contribution in [0.4, 0.5) is 0 Å². The Bertz CT molecular complexity index is 547. The first kappa shape index (κ1) is 13.7. The first-order valence-electron chi connectivity index (χ1n) is 6.66. The van der Waals surface area contributed by atoms with Crippen LogP contribution in [-0.4, -0.2) is 27.0 Å². The normalized spacial score (nSPS) is 12.6. The van der Waals surface area contributed by atoms with Gasteiger partial charge in [0.25, 0.3) is 0 Å². The maximum atomic E-state index is 4.39. The van der Waals surface area contributed by atoms with Crippen LogP contribution in [0.25, 0.3) is 0 Å². The zero-order chi connectivity index (χ0) is 13.8. The standard InChI is InChI=1S/C14H21N5/c1-5-6-19-9-12(8-16-19)14(15-4)13-7-10(2)17-18-11(13)3/h7-9,14-15H,5-6H2,1-4H3. The molecule has 0 bridgehead atoms. The largest absolute Gasteiger partial charge is 0.309 e. The molecule has 0 radical (unpaired) electrons. The van der Waals surface area contributed by atoms with Crippen molar-refractivity contribution in [2.24, 2.45) is 0 Å². The van der Waals surface area contributed by atoms with Gasteiger partial charge in [-0.1, -0.05) is 6.92 Å². The highest BCUT2D eigenvalue weighted by Crippen LogP contribution is 2.23. The molecule has 0 aliphatic heterocycles. The number of nitrogens with one attached hydrogen (secondary N) is 1. The van der Waals surface area contributed by atoms with E-state index in [4.69, 9.17) is 0 Å². The number of hydrogen-bond acceptors (Lipinski definition) is 4. The Morgan fingerprint density at radius 1 is 1.32 bits per heavy atom. The van der Waals surface area contributed by atoms with Gasteiger partial charge in [0, 0.05) is 18.3 Å². The number of hydrogen-bond donors (Lipinski definition) is 1. The summed E-state index contributed by atoms with van der Waals surface area (Å²) in [6.07, 6.45) is 5.10. The maximum absolute atomic E-state index is 4.39. The van der Waals surface area contributed by atoms with E-state index >= 15 is 0 Å². The fourth-order valence-corrected chi connectivity index (χ4v) is 2.24. The number of aromatic nitrogens is 4. The van der Waals surface area contributed by atoms with Crippen LogP contribution in [0.15, 0.2) is 18.5 Å². The minimum absolute atomic E-state index is 0.111. The van der Waals surface area contributed by atoms with E-state index in [0.29, 0.717) is 0 Å². The lowest BCUT2D eigenvalue weighted by molar-refractivity contribution is 0.600. The molecule has 1 unspecified atom stereocenters.